The molecule has 2 aliphatic rings. The molecule has 1 aromatic heterocycles. The highest BCUT2D eigenvalue weighted by molar-refractivity contribution is 7.89. The Morgan fingerprint density at radius 1 is 1.00 bits per heavy atom. The normalized spacial score (nSPS) is 18.1. The zero-order chi connectivity index (χ0) is 22.3. The molecule has 3 aromatic rings. The first-order chi connectivity index (χ1) is 15.5. The zero-order valence-electron chi connectivity index (χ0n) is 17.7. The van der Waals surface area contributed by atoms with E-state index in [-0.39, 0.29) is 4.90 Å². The summed E-state index contributed by atoms with van der Waals surface area (Å²) in [5, 5.41) is 1.96. The number of hydrogen-bond acceptors (Lipinski definition) is 7. The Morgan fingerprint density at radius 2 is 1.75 bits per heavy atom. The molecule has 1 unspecified atom stereocenters. The van der Waals surface area contributed by atoms with Gasteiger partial charge in [0.2, 0.25) is 10.0 Å². The highest BCUT2D eigenvalue weighted by Gasteiger charge is 2.39. The predicted octanol–water partition coefficient (Wildman–Crippen LogP) is 3.87. The van der Waals surface area contributed by atoms with E-state index in [1.807, 2.05) is 29.6 Å². The minimum Gasteiger partial charge on any atom is -0.493 e. The summed E-state index contributed by atoms with van der Waals surface area (Å²) in [6.07, 6.45) is 0.571. The molecule has 9 heteroatoms. The van der Waals surface area contributed by atoms with E-state index in [1.54, 1.807) is 36.7 Å². The Balaban J connectivity index is 1.62. The van der Waals surface area contributed by atoms with Crippen molar-refractivity contribution in [3.05, 3.63) is 63.8 Å². The summed E-state index contributed by atoms with van der Waals surface area (Å²) in [7, 11) is -0.636. The molecule has 2 aromatic carbocycles. The largest absolute Gasteiger partial charge is 0.493 e. The van der Waals surface area contributed by atoms with Crippen LogP contribution >= 0.6 is 11.3 Å². The van der Waals surface area contributed by atoms with E-state index in [0.717, 1.165) is 16.0 Å². The summed E-state index contributed by atoms with van der Waals surface area (Å²) >= 11 is 1.53. The van der Waals surface area contributed by atoms with Crippen molar-refractivity contribution in [1.29, 1.82) is 0 Å². The number of hydrogen-bond donors (Lipinski definition) is 0. The summed E-state index contributed by atoms with van der Waals surface area (Å²) in [4.78, 5) is 1.13. The minimum absolute atomic E-state index is 0.187. The molecule has 1 atom stereocenters. The van der Waals surface area contributed by atoms with Gasteiger partial charge in [0.1, 0.15) is 13.2 Å². The van der Waals surface area contributed by atoms with E-state index < -0.39 is 16.1 Å². The molecule has 5 rings (SSSR count). The van der Waals surface area contributed by atoms with Gasteiger partial charge < -0.3 is 18.9 Å². The predicted molar refractivity (Wildman–Crippen MR) is 121 cm³/mol. The Labute approximate surface area is 191 Å². The van der Waals surface area contributed by atoms with Crippen LogP contribution in [0.25, 0.3) is 0 Å². The zero-order valence-corrected chi connectivity index (χ0v) is 19.4. The van der Waals surface area contributed by atoms with Crippen molar-refractivity contribution in [1.82, 2.24) is 4.31 Å². The third-order valence-corrected chi connectivity index (χ3v) is 8.55. The lowest BCUT2D eigenvalue weighted by Gasteiger charge is -2.36. The molecule has 0 saturated carbocycles. The molecule has 3 heterocycles. The van der Waals surface area contributed by atoms with Gasteiger partial charge in [0.15, 0.2) is 23.0 Å². The molecule has 0 radical (unpaired) electrons. The van der Waals surface area contributed by atoms with Gasteiger partial charge in [-0.05, 0) is 53.3 Å². The fourth-order valence-corrected chi connectivity index (χ4v) is 6.77. The molecule has 0 spiro atoms. The molecule has 0 amide bonds. The van der Waals surface area contributed by atoms with Crippen molar-refractivity contribution in [3.8, 4) is 23.0 Å². The van der Waals surface area contributed by atoms with Gasteiger partial charge in [0.05, 0.1) is 25.2 Å². The van der Waals surface area contributed by atoms with Crippen molar-refractivity contribution in [2.45, 2.75) is 17.4 Å². The second-order valence-corrected chi connectivity index (χ2v) is 10.4. The molecule has 0 N–H and O–H groups in total. The van der Waals surface area contributed by atoms with E-state index in [0.29, 0.717) is 49.2 Å². The second-order valence-electron chi connectivity index (χ2n) is 7.50. The lowest BCUT2D eigenvalue weighted by molar-refractivity contribution is 0.171. The smallest absolute Gasteiger partial charge is 0.244 e. The number of benzene rings is 2. The van der Waals surface area contributed by atoms with Crippen molar-refractivity contribution in [2.75, 3.05) is 34.0 Å². The van der Waals surface area contributed by atoms with Crippen LogP contribution in [0.1, 0.15) is 22.0 Å². The standard InChI is InChI=1S/C23H23NO6S2/c1-27-19-12-15-7-8-24(23(22-4-3-11-31-22)17(15)14-20(19)28-2)32(25,26)16-5-6-18-21(13-16)30-10-9-29-18/h3-6,11-14,23H,7-10H2,1-2H3. The first-order valence-corrected chi connectivity index (χ1v) is 12.5. The number of ether oxygens (including phenoxy) is 4. The number of sulfonamides is 1. The molecular formula is C23H23NO6S2. The first kappa shape index (κ1) is 21.1. The van der Waals surface area contributed by atoms with E-state index in [2.05, 4.69) is 0 Å². The van der Waals surface area contributed by atoms with Crippen LogP contribution in [-0.4, -0.2) is 46.7 Å². The highest BCUT2D eigenvalue weighted by atomic mass is 32.2. The molecule has 0 aliphatic carbocycles. The molecule has 168 valence electrons. The third-order valence-electron chi connectivity index (χ3n) is 5.76. The van der Waals surface area contributed by atoms with Gasteiger partial charge in [-0.25, -0.2) is 8.42 Å². The summed E-state index contributed by atoms with van der Waals surface area (Å²) in [5.41, 5.74) is 1.95. The van der Waals surface area contributed by atoms with Crippen LogP contribution in [0.4, 0.5) is 0 Å². The summed E-state index contributed by atoms with van der Waals surface area (Å²) < 4.78 is 51.4. The minimum atomic E-state index is -3.82. The van der Waals surface area contributed by atoms with Crippen molar-refractivity contribution in [2.24, 2.45) is 0 Å². The highest BCUT2D eigenvalue weighted by Crippen LogP contribution is 2.44. The van der Waals surface area contributed by atoms with Gasteiger partial charge in [-0.3, -0.25) is 0 Å². The number of thiophene rings is 1. The maximum atomic E-state index is 13.8. The fourth-order valence-electron chi connectivity index (χ4n) is 4.24. The maximum absolute atomic E-state index is 13.8. The van der Waals surface area contributed by atoms with E-state index in [1.165, 1.54) is 11.3 Å². The Bertz CT molecular complexity index is 1240. The third kappa shape index (κ3) is 3.50. The van der Waals surface area contributed by atoms with Crippen LogP contribution in [0.2, 0.25) is 0 Å². The van der Waals surface area contributed by atoms with E-state index in [4.69, 9.17) is 18.9 Å². The number of fused-ring (bicyclic) bond motifs is 2. The van der Waals surface area contributed by atoms with Crippen molar-refractivity contribution >= 4 is 21.4 Å². The van der Waals surface area contributed by atoms with Gasteiger partial charge in [-0.1, -0.05) is 6.07 Å². The molecule has 0 fully saturated rings. The van der Waals surface area contributed by atoms with Crippen LogP contribution in [0.3, 0.4) is 0 Å². The van der Waals surface area contributed by atoms with E-state index in [9.17, 15) is 8.42 Å². The van der Waals surface area contributed by atoms with Gasteiger partial charge in [-0.2, -0.15) is 4.31 Å². The maximum Gasteiger partial charge on any atom is 0.244 e. The lowest BCUT2D eigenvalue weighted by Crippen LogP contribution is -2.40. The quantitative estimate of drug-likeness (QED) is 0.560. The molecular weight excluding hydrogens is 450 g/mol. The summed E-state index contributed by atoms with van der Waals surface area (Å²) in [6, 6.07) is 12.1. The monoisotopic (exact) mass is 473 g/mol. The molecule has 2 aliphatic heterocycles. The second kappa shape index (κ2) is 8.31. The molecule has 0 bridgehead atoms. The summed E-state index contributed by atoms with van der Waals surface area (Å²) in [5.74, 6) is 2.23. The van der Waals surface area contributed by atoms with Crippen LogP contribution in [0.15, 0.2) is 52.7 Å². The average molecular weight is 474 g/mol. The van der Waals surface area contributed by atoms with Crippen LogP contribution in [-0.2, 0) is 16.4 Å². The molecule has 7 nitrogen and oxygen atoms in total. The van der Waals surface area contributed by atoms with Crippen molar-refractivity contribution in [3.63, 3.8) is 0 Å². The number of methoxy groups -OCH3 is 2. The Kier molecular flexibility index (Phi) is 5.48. The Hall–Kier alpha value is -2.75. The fraction of sp³-hybridized carbons (Fsp3) is 0.304. The average Bonchev–Trinajstić information content (AvgIpc) is 3.36. The van der Waals surface area contributed by atoms with Gasteiger partial charge in [0.25, 0.3) is 0 Å². The first-order valence-electron chi connectivity index (χ1n) is 10.2. The number of nitrogens with zero attached hydrogens (tertiary/aromatic N) is 1. The molecule has 0 saturated heterocycles. The Morgan fingerprint density at radius 3 is 2.47 bits per heavy atom. The summed E-state index contributed by atoms with van der Waals surface area (Å²) in [6.45, 7) is 1.20. The lowest BCUT2D eigenvalue weighted by atomic mass is 9.92. The SMILES string of the molecule is COc1cc2c(cc1OC)C(c1cccs1)N(S(=O)(=O)c1ccc3c(c1)OCCO3)CC2. The van der Waals surface area contributed by atoms with Crippen LogP contribution < -0.4 is 18.9 Å². The van der Waals surface area contributed by atoms with E-state index >= 15 is 0 Å². The van der Waals surface area contributed by atoms with Gasteiger partial charge in [0, 0.05) is 17.5 Å². The van der Waals surface area contributed by atoms with Crippen LogP contribution in [0, 0.1) is 0 Å². The number of rotatable bonds is 5. The molecule has 32 heavy (non-hydrogen) atoms. The topological polar surface area (TPSA) is 74.3 Å². The van der Waals surface area contributed by atoms with Crippen LogP contribution in [0.5, 0.6) is 23.0 Å². The van der Waals surface area contributed by atoms with Crippen molar-refractivity contribution < 1.29 is 27.4 Å². The van der Waals surface area contributed by atoms with Gasteiger partial charge in [-0.15, -0.1) is 11.3 Å². The van der Waals surface area contributed by atoms with Gasteiger partial charge >= 0.3 is 0 Å².